The highest BCUT2D eigenvalue weighted by atomic mass is 32.1. The highest BCUT2D eigenvalue weighted by molar-refractivity contribution is 7.10. The van der Waals surface area contributed by atoms with Crippen molar-refractivity contribution < 1.29 is 19.1 Å². The Balaban J connectivity index is 1.63. The first-order valence-corrected chi connectivity index (χ1v) is 9.65. The summed E-state index contributed by atoms with van der Waals surface area (Å²) in [7, 11) is 0. The van der Waals surface area contributed by atoms with Crippen LogP contribution in [0.3, 0.4) is 0 Å². The molecule has 0 radical (unpaired) electrons. The lowest BCUT2D eigenvalue weighted by Crippen LogP contribution is -2.47. The Morgan fingerprint density at radius 1 is 1.36 bits per heavy atom. The van der Waals surface area contributed by atoms with Gasteiger partial charge in [-0.25, -0.2) is 0 Å². The molecule has 0 bridgehead atoms. The van der Waals surface area contributed by atoms with Gasteiger partial charge in [0.05, 0.1) is 5.92 Å². The van der Waals surface area contributed by atoms with Crippen molar-refractivity contribution in [3.05, 3.63) is 21.9 Å². The number of hydrogen-bond donors (Lipinski definition) is 1. The second kappa shape index (κ2) is 7.56. The Morgan fingerprint density at radius 3 is 2.84 bits per heavy atom. The van der Waals surface area contributed by atoms with Crippen molar-refractivity contribution in [1.82, 2.24) is 10.2 Å². The molecule has 1 aromatic heterocycles. The molecule has 1 fully saturated rings. The Labute approximate surface area is 151 Å². The summed E-state index contributed by atoms with van der Waals surface area (Å²) in [5, 5.41) is 4.73. The van der Waals surface area contributed by atoms with E-state index in [9.17, 15) is 14.4 Å². The van der Waals surface area contributed by atoms with Gasteiger partial charge >= 0.3 is 5.97 Å². The summed E-state index contributed by atoms with van der Waals surface area (Å²) < 4.78 is 5.59. The fourth-order valence-corrected chi connectivity index (χ4v) is 4.13. The largest absolute Gasteiger partial charge is 0.452 e. The molecule has 6 nitrogen and oxygen atoms in total. The molecule has 25 heavy (non-hydrogen) atoms. The van der Waals surface area contributed by atoms with Gasteiger partial charge in [0, 0.05) is 30.9 Å². The molecular weight excluding hydrogens is 340 g/mol. The summed E-state index contributed by atoms with van der Waals surface area (Å²) in [6.07, 6.45) is 0.885. The smallest absolute Gasteiger partial charge is 0.311 e. The van der Waals surface area contributed by atoms with E-state index in [0.29, 0.717) is 32.5 Å². The molecule has 3 heterocycles. The maximum atomic E-state index is 12.9. The number of ether oxygens (including phenoxy) is 1. The standard InChI is InChI=1S/C18H24N2O4S/c1-11(2)16(24-18(23)12-3-4-15(21)19-9-12)17(22)20-7-5-14-13(10-20)6-8-25-14/h6,8,11-12,16H,3-5,7,9-10H2,1-2H3,(H,19,21)/t12-,16+/m1/s1. The van der Waals surface area contributed by atoms with Gasteiger partial charge in [0.2, 0.25) is 5.91 Å². The van der Waals surface area contributed by atoms with Crippen molar-refractivity contribution >= 4 is 29.1 Å². The predicted molar refractivity (Wildman–Crippen MR) is 93.9 cm³/mol. The van der Waals surface area contributed by atoms with Crippen LogP contribution in [0.25, 0.3) is 0 Å². The van der Waals surface area contributed by atoms with E-state index in [-0.39, 0.29) is 29.6 Å². The van der Waals surface area contributed by atoms with Crippen LogP contribution in [0.4, 0.5) is 0 Å². The summed E-state index contributed by atoms with van der Waals surface area (Å²) >= 11 is 1.73. The SMILES string of the molecule is CC(C)[C@H](OC(=O)[C@@H]1CCC(=O)NC1)C(=O)N1CCc2sccc2C1. The monoisotopic (exact) mass is 364 g/mol. The van der Waals surface area contributed by atoms with Crippen LogP contribution in [-0.2, 0) is 32.1 Å². The zero-order chi connectivity index (χ0) is 18.0. The molecule has 0 aliphatic carbocycles. The van der Waals surface area contributed by atoms with Crippen LogP contribution in [0.15, 0.2) is 11.4 Å². The van der Waals surface area contributed by atoms with Gasteiger partial charge in [0.1, 0.15) is 0 Å². The van der Waals surface area contributed by atoms with E-state index in [1.54, 1.807) is 16.2 Å². The quantitative estimate of drug-likeness (QED) is 0.826. The highest BCUT2D eigenvalue weighted by Crippen LogP contribution is 2.26. The van der Waals surface area contributed by atoms with E-state index < -0.39 is 6.10 Å². The van der Waals surface area contributed by atoms with Gasteiger partial charge in [0.15, 0.2) is 6.10 Å². The number of thiophene rings is 1. The third kappa shape index (κ3) is 4.03. The number of nitrogens with one attached hydrogen (secondary N) is 1. The maximum absolute atomic E-state index is 12.9. The Morgan fingerprint density at radius 2 is 2.16 bits per heavy atom. The van der Waals surface area contributed by atoms with Gasteiger partial charge in [-0.1, -0.05) is 13.8 Å². The third-order valence-electron chi connectivity index (χ3n) is 4.81. The van der Waals surface area contributed by atoms with Crippen LogP contribution in [0.5, 0.6) is 0 Å². The van der Waals surface area contributed by atoms with Crippen LogP contribution >= 0.6 is 11.3 Å². The van der Waals surface area contributed by atoms with Gasteiger partial charge in [0.25, 0.3) is 5.91 Å². The fourth-order valence-electron chi connectivity index (χ4n) is 3.24. The summed E-state index contributed by atoms with van der Waals surface area (Å²) in [5.74, 6) is -1.02. The minimum Gasteiger partial charge on any atom is -0.452 e. The van der Waals surface area contributed by atoms with Crippen molar-refractivity contribution in [2.24, 2.45) is 11.8 Å². The number of carbonyl (C=O) groups is 3. The summed E-state index contributed by atoms with van der Waals surface area (Å²) in [4.78, 5) is 39.7. The highest BCUT2D eigenvalue weighted by Gasteiger charge is 2.35. The number of nitrogens with zero attached hydrogens (tertiary/aromatic N) is 1. The van der Waals surface area contributed by atoms with Crippen LogP contribution < -0.4 is 5.32 Å². The number of esters is 1. The van der Waals surface area contributed by atoms with Gasteiger partial charge < -0.3 is 15.0 Å². The third-order valence-corrected chi connectivity index (χ3v) is 5.83. The summed E-state index contributed by atoms with van der Waals surface area (Å²) in [5.41, 5.74) is 1.19. The van der Waals surface area contributed by atoms with Crippen molar-refractivity contribution in [2.75, 3.05) is 13.1 Å². The molecule has 0 unspecified atom stereocenters. The first-order valence-electron chi connectivity index (χ1n) is 8.77. The Bertz CT molecular complexity index is 660. The van der Waals surface area contributed by atoms with Crippen molar-refractivity contribution in [3.8, 4) is 0 Å². The molecule has 2 aliphatic heterocycles. The van der Waals surface area contributed by atoms with E-state index in [1.807, 2.05) is 13.8 Å². The Hall–Kier alpha value is -1.89. The molecule has 0 aromatic carbocycles. The lowest BCUT2D eigenvalue weighted by molar-refractivity contribution is -0.167. The second-order valence-corrected chi connectivity index (χ2v) is 8.02. The van der Waals surface area contributed by atoms with Crippen LogP contribution in [0.1, 0.15) is 37.1 Å². The average molecular weight is 364 g/mol. The second-order valence-electron chi connectivity index (χ2n) is 7.02. The molecule has 2 atom stereocenters. The number of rotatable bonds is 4. The zero-order valence-corrected chi connectivity index (χ0v) is 15.4. The van der Waals surface area contributed by atoms with Crippen molar-refractivity contribution in [1.29, 1.82) is 0 Å². The minimum atomic E-state index is -0.773. The molecular formula is C18H24N2O4S. The molecule has 1 aromatic rings. The molecule has 1 saturated heterocycles. The van der Waals surface area contributed by atoms with Gasteiger partial charge in [-0.2, -0.15) is 0 Å². The van der Waals surface area contributed by atoms with Gasteiger partial charge in [-0.05, 0) is 35.8 Å². The van der Waals surface area contributed by atoms with Gasteiger partial charge in [-0.15, -0.1) is 11.3 Å². The molecule has 7 heteroatoms. The number of fused-ring (bicyclic) bond motifs is 1. The van der Waals surface area contributed by atoms with Crippen LogP contribution in [0, 0.1) is 11.8 Å². The topological polar surface area (TPSA) is 75.7 Å². The lowest BCUT2D eigenvalue weighted by atomic mass is 9.98. The molecule has 136 valence electrons. The van der Waals surface area contributed by atoms with Gasteiger partial charge in [-0.3, -0.25) is 14.4 Å². The first-order chi connectivity index (χ1) is 12.0. The van der Waals surface area contributed by atoms with E-state index >= 15 is 0 Å². The average Bonchev–Trinajstić information content (AvgIpc) is 3.06. The minimum absolute atomic E-state index is 0.0413. The fraction of sp³-hybridized carbons (Fsp3) is 0.611. The first kappa shape index (κ1) is 17.9. The van der Waals surface area contributed by atoms with E-state index in [1.165, 1.54) is 10.4 Å². The van der Waals surface area contributed by atoms with Crippen molar-refractivity contribution in [3.63, 3.8) is 0 Å². The van der Waals surface area contributed by atoms with E-state index in [2.05, 4.69) is 16.8 Å². The molecule has 2 amide bonds. The Kier molecular flexibility index (Phi) is 5.42. The summed E-state index contributed by atoms with van der Waals surface area (Å²) in [6.45, 7) is 5.31. The number of piperidine rings is 1. The van der Waals surface area contributed by atoms with E-state index in [4.69, 9.17) is 4.74 Å². The molecule has 0 spiro atoms. The normalized spacial score (nSPS) is 21.5. The number of carbonyl (C=O) groups excluding carboxylic acids is 3. The summed E-state index contributed by atoms with van der Waals surface area (Å²) in [6, 6.07) is 2.06. The zero-order valence-electron chi connectivity index (χ0n) is 14.6. The number of amides is 2. The van der Waals surface area contributed by atoms with Crippen LogP contribution in [-0.4, -0.2) is 41.9 Å². The molecule has 3 rings (SSSR count). The number of hydrogen-bond acceptors (Lipinski definition) is 5. The van der Waals surface area contributed by atoms with E-state index in [0.717, 1.165) is 6.42 Å². The van der Waals surface area contributed by atoms with Crippen LogP contribution in [0.2, 0.25) is 0 Å². The predicted octanol–water partition coefficient (Wildman–Crippen LogP) is 1.73. The lowest BCUT2D eigenvalue weighted by Gasteiger charge is -2.32. The molecule has 2 aliphatic rings. The molecule has 0 saturated carbocycles. The maximum Gasteiger partial charge on any atom is 0.311 e. The van der Waals surface area contributed by atoms with Crippen molar-refractivity contribution in [2.45, 2.75) is 45.8 Å². The molecule has 1 N–H and O–H groups in total.